The number of amides is 1. The number of hydrogen-bond donors (Lipinski definition) is 1. The Morgan fingerprint density at radius 3 is 2.45 bits per heavy atom. The van der Waals surface area contributed by atoms with Gasteiger partial charge >= 0.3 is 0 Å². The Morgan fingerprint density at radius 2 is 1.90 bits per heavy atom. The van der Waals surface area contributed by atoms with E-state index >= 15 is 0 Å². The molecular formula is C15H22ClNO3. The minimum Gasteiger partial charge on any atom is -0.382 e. The summed E-state index contributed by atoms with van der Waals surface area (Å²) < 4.78 is 10.1. The number of hydrogen-bond acceptors (Lipinski definition) is 3. The van der Waals surface area contributed by atoms with E-state index in [2.05, 4.69) is 19.2 Å². The van der Waals surface area contributed by atoms with Gasteiger partial charge < -0.3 is 14.8 Å². The van der Waals surface area contributed by atoms with Crippen molar-refractivity contribution in [1.29, 1.82) is 0 Å². The molecule has 5 heteroatoms. The minimum absolute atomic E-state index is 0.0418. The van der Waals surface area contributed by atoms with Crippen LogP contribution in [0.5, 0.6) is 0 Å². The molecule has 0 fully saturated rings. The largest absolute Gasteiger partial charge is 0.382 e. The van der Waals surface area contributed by atoms with Crippen LogP contribution in [-0.4, -0.2) is 32.8 Å². The van der Waals surface area contributed by atoms with Gasteiger partial charge in [-0.2, -0.15) is 0 Å². The molecule has 1 amide bonds. The quantitative estimate of drug-likeness (QED) is 0.751. The van der Waals surface area contributed by atoms with Gasteiger partial charge in [0.1, 0.15) is 6.61 Å². The SMILES string of the molecule is COCCOCC(=O)NC(c1ccc(Cl)cc1)C(C)C. The number of halogens is 1. The Labute approximate surface area is 125 Å². The molecule has 1 N–H and O–H groups in total. The summed E-state index contributed by atoms with van der Waals surface area (Å²) in [5, 5.41) is 3.67. The van der Waals surface area contributed by atoms with Gasteiger partial charge in [-0.15, -0.1) is 0 Å². The molecule has 0 aliphatic heterocycles. The third-order valence-electron chi connectivity index (χ3n) is 2.88. The van der Waals surface area contributed by atoms with E-state index in [0.717, 1.165) is 5.56 Å². The van der Waals surface area contributed by atoms with E-state index < -0.39 is 0 Å². The van der Waals surface area contributed by atoms with Gasteiger partial charge in [-0.25, -0.2) is 0 Å². The van der Waals surface area contributed by atoms with Crippen LogP contribution in [0, 0.1) is 5.92 Å². The Hall–Kier alpha value is -1.10. The number of ether oxygens (including phenoxy) is 2. The topological polar surface area (TPSA) is 47.6 Å². The molecule has 0 spiro atoms. The standard InChI is InChI=1S/C15H22ClNO3/c1-11(2)15(12-4-6-13(16)7-5-12)17-14(18)10-20-9-8-19-3/h4-7,11,15H,8-10H2,1-3H3,(H,17,18). The summed E-state index contributed by atoms with van der Waals surface area (Å²) in [5.74, 6) is 0.147. The molecule has 1 atom stereocenters. The molecule has 0 saturated heterocycles. The summed E-state index contributed by atoms with van der Waals surface area (Å²) in [5.41, 5.74) is 1.04. The predicted molar refractivity (Wildman–Crippen MR) is 79.9 cm³/mol. The number of nitrogens with one attached hydrogen (secondary N) is 1. The molecule has 1 unspecified atom stereocenters. The van der Waals surface area contributed by atoms with Gasteiger partial charge in [-0.05, 0) is 23.6 Å². The Morgan fingerprint density at radius 1 is 1.25 bits per heavy atom. The highest BCUT2D eigenvalue weighted by atomic mass is 35.5. The molecule has 0 aliphatic carbocycles. The highest BCUT2D eigenvalue weighted by Crippen LogP contribution is 2.23. The second-order valence-corrected chi connectivity index (χ2v) is 5.32. The maximum absolute atomic E-state index is 11.9. The lowest BCUT2D eigenvalue weighted by Gasteiger charge is -2.23. The van der Waals surface area contributed by atoms with Crippen molar-refractivity contribution >= 4 is 17.5 Å². The number of carbonyl (C=O) groups excluding carboxylic acids is 1. The average molecular weight is 300 g/mol. The molecule has 0 radical (unpaired) electrons. The molecule has 112 valence electrons. The minimum atomic E-state index is -0.130. The van der Waals surface area contributed by atoms with Crippen LogP contribution in [0.3, 0.4) is 0 Å². The van der Waals surface area contributed by atoms with Crippen molar-refractivity contribution in [1.82, 2.24) is 5.32 Å². The molecule has 0 aliphatic rings. The molecule has 0 heterocycles. The summed E-state index contributed by atoms with van der Waals surface area (Å²) in [4.78, 5) is 11.9. The van der Waals surface area contributed by atoms with E-state index in [1.807, 2.05) is 24.3 Å². The first-order valence-electron chi connectivity index (χ1n) is 6.66. The zero-order valence-electron chi connectivity index (χ0n) is 12.2. The molecule has 1 rings (SSSR count). The fourth-order valence-corrected chi connectivity index (χ4v) is 1.95. The van der Waals surface area contributed by atoms with Gasteiger partial charge in [0.25, 0.3) is 0 Å². The average Bonchev–Trinajstić information content (AvgIpc) is 2.42. The van der Waals surface area contributed by atoms with Crippen LogP contribution < -0.4 is 5.32 Å². The van der Waals surface area contributed by atoms with Crippen LogP contribution >= 0.6 is 11.6 Å². The predicted octanol–water partition coefficient (Wildman–Crippen LogP) is 2.82. The maximum atomic E-state index is 11.9. The zero-order chi connectivity index (χ0) is 15.0. The summed E-state index contributed by atoms with van der Waals surface area (Å²) >= 11 is 5.88. The van der Waals surface area contributed by atoms with Crippen molar-refractivity contribution in [3.05, 3.63) is 34.9 Å². The first-order chi connectivity index (χ1) is 9.54. The van der Waals surface area contributed by atoms with Crippen LogP contribution in [0.2, 0.25) is 5.02 Å². The van der Waals surface area contributed by atoms with Crippen molar-refractivity contribution in [3.63, 3.8) is 0 Å². The van der Waals surface area contributed by atoms with E-state index in [4.69, 9.17) is 21.1 Å². The third-order valence-corrected chi connectivity index (χ3v) is 3.13. The fraction of sp³-hybridized carbons (Fsp3) is 0.533. The van der Waals surface area contributed by atoms with Gasteiger partial charge in [0.2, 0.25) is 5.91 Å². The lowest BCUT2D eigenvalue weighted by molar-refractivity contribution is -0.127. The van der Waals surface area contributed by atoms with Gasteiger partial charge in [0.05, 0.1) is 19.3 Å². The van der Waals surface area contributed by atoms with Gasteiger partial charge in [-0.3, -0.25) is 4.79 Å². The second kappa shape index (κ2) is 8.95. The maximum Gasteiger partial charge on any atom is 0.246 e. The van der Waals surface area contributed by atoms with Crippen molar-refractivity contribution in [2.75, 3.05) is 26.9 Å². The highest BCUT2D eigenvalue weighted by Gasteiger charge is 2.18. The molecule has 0 saturated carbocycles. The second-order valence-electron chi connectivity index (χ2n) is 4.89. The van der Waals surface area contributed by atoms with Crippen LogP contribution in [0.4, 0.5) is 0 Å². The molecule has 1 aromatic rings. The van der Waals surface area contributed by atoms with E-state index in [9.17, 15) is 4.79 Å². The van der Waals surface area contributed by atoms with E-state index in [1.54, 1.807) is 7.11 Å². The lowest BCUT2D eigenvalue weighted by Crippen LogP contribution is -2.34. The molecule has 1 aromatic carbocycles. The molecule has 0 aromatic heterocycles. The summed E-state index contributed by atoms with van der Waals surface area (Å²) in [6.45, 7) is 5.06. The summed E-state index contributed by atoms with van der Waals surface area (Å²) in [6.07, 6.45) is 0. The Bertz CT molecular complexity index is 406. The number of methoxy groups -OCH3 is 1. The first kappa shape index (κ1) is 17.0. The van der Waals surface area contributed by atoms with Crippen LogP contribution in [0.1, 0.15) is 25.5 Å². The Kier molecular flexibility index (Phi) is 7.59. The molecule has 0 bridgehead atoms. The van der Waals surface area contributed by atoms with E-state index in [0.29, 0.717) is 18.2 Å². The fourth-order valence-electron chi connectivity index (χ4n) is 1.83. The van der Waals surface area contributed by atoms with Gasteiger partial charge in [0.15, 0.2) is 0 Å². The van der Waals surface area contributed by atoms with Crippen LogP contribution in [0.15, 0.2) is 24.3 Å². The third kappa shape index (κ3) is 5.90. The van der Waals surface area contributed by atoms with Crippen LogP contribution in [-0.2, 0) is 14.3 Å². The number of rotatable bonds is 8. The number of benzene rings is 1. The molecule has 4 nitrogen and oxygen atoms in total. The number of carbonyl (C=O) groups is 1. The normalized spacial score (nSPS) is 12.4. The monoisotopic (exact) mass is 299 g/mol. The van der Waals surface area contributed by atoms with E-state index in [1.165, 1.54) is 0 Å². The van der Waals surface area contributed by atoms with Gasteiger partial charge in [0, 0.05) is 12.1 Å². The molecule has 20 heavy (non-hydrogen) atoms. The van der Waals surface area contributed by atoms with Crippen molar-refractivity contribution in [2.24, 2.45) is 5.92 Å². The summed E-state index contributed by atoms with van der Waals surface area (Å²) in [6, 6.07) is 7.46. The first-order valence-corrected chi connectivity index (χ1v) is 7.04. The highest BCUT2D eigenvalue weighted by molar-refractivity contribution is 6.30. The van der Waals surface area contributed by atoms with Crippen molar-refractivity contribution < 1.29 is 14.3 Å². The van der Waals surface area contributed by atoms with Gasteiger partial charge in [-0.1, -0.05) is 37.6 Å². The summed E-state index contributed by atoms with van der Waals surface area (Å²) in [7, 11) is 1.60. The lowest BCUT2D eigenvalue weighted by atomic mass is 9.96. The van der Waals surface area contributed by atoms with Crippen molar-refractivity contribution in [3.8, 4) is 0 Å². The van der Waals surface area contributed by atoms with Crippen LogP contribution in [0.25, 0.3) is 0 Å². The Balaban J connectivity index is 2.55. The molecular weight excluding hydrogens is 278 g/mol. The van der Waals surface area contributed by atoms with E-state index in [-0.39, 0.29) is 24.5 Å². The smallest absolute Gasteiger partial charge is 0.246 e. The van der Waals surface area contributed by atoms with Crippen molar-refractivity contribution in [2.45, 2.75) is 19.9 Å². The zero-order valence-corrected chi connectivity index (χ0v) is 12.9.